The van der Waals surface area contributed by atoms with Crippen LogP contribution in [0.25, 0.3) is 0 Å². The van der Waals surface area contributed by atoms with Gasteiger partial charge in [-0.05, 0) is 20.3 Å². The second-order valence-corrected chi connectivity index (χ2v) is 5.97. The van der Waals surface area contributed by atoms with Crippen molar-refractivity contribution in [3.05, 3.63) is 11.7 Å². The highest BCUT2D eigenvalue weighted by Crippen LogP contribution is 2.20. The van der Waals surface area contributed by atoms with Gasteiger partial charge in [0.1, 0.15) is 6.04 Å². The number of carbonyl (C=O) groups excluding carboxylic acids is 1. The van der Waals surface area contributed by atoms with Gasteiger partial charge in [0.15, 0.2) is 5.82 Å². The Morgan fingerprint density at radius 2 is 2.05 bits per heavy atom. The maximum Gasteiger partial charge on any atom is 0.315 e. The number of carbonyl (C=O) groups is 1. The van der Waals surface area contributed by atoms with Crippen molar-refractivity contribution in [3.63, 3.8) is 0 Å². The Kier molecular flexibility index (Phi) is 5.50. The molecule has 0 radical (unpaired) electrons. The van der Waals surface area contributed by atoms with Crippen LogP contribution in [0.15, 0.2) is 4.52 Å². The van der Waals surface area contributed by atoms with Crippen molar-refractivity contribution in [2.45, 2.75) is 58.6 Å². The smallest absolute Gasteiger partial charge is 0.315 e. The van der Waals surface area contributed by atoms with Crippen LogP contribution in [0.2, 0.25) is 0 Å². The molecular formula is C13H24N4O3. The summed E-state index contributed by atoms with van der Waals surface area (Å²) in [4.78, 5) is 15.9. The number of rotatable bonds is 5. The number of nitrogens with one attached hydrogen (secondary N) is 2. The van der Waals surface area contributed by atoms with Gasteiger partial charge < -0.3 is 20.3 Å². The van der Waals surface area contributed by atoms with Crippen LogP contribution in [-0.4, -0.2) is 33.9 Å². The van der Waals surface area contributed by atoms with Crippen LogP contribution in [0.5, 0.6) is 0 Å². The Balaban J connectivity index is 2.48. The van der Waals surface area contributed by atoms with E-state index in [-0.39, 0.29) is 17.5 Å². The molecule has 0 saturated carbocycles. The molecule has 1 rings (SSSR count). The third kappa shape index (κ3) is 5.16. The Morgan fingerprint density at radius 1 is 1.40 bits per heavy atom. The van der Waals surface area contributed by atoms with Gasteiger partial charge in [-0.15, -0.1) is 0 Å². The maximum atomic E-state index is 11.6. The van der Waals surface area contributed by atoms with E-state index >= 15 is 0 Å². The average Bonchev–Trinajstić information content (AvgIpc) is 2.76. The summed E-state index contributed by atoms with van der Waals surface area (Å²) in [5, 5.41) is 18.4. The van der Waals surface area contributed by atoms with Crippen LogP contribution in [0, 0.1) is 0 Å². The van der Waals surface area contributed by atoms with Crippen LogP contribution in [0.1, 0.15) is 58.8 Å². The predicted molar refractivity (Wildman–Crippen MR) is 74.2 cm³/mol. The summed E-state index contributed by atoms with van der Waals surface area (Å²) in [6.45, 7) is 9.82. The van der Waals surface area contributed by atoms with E-state index in [0.29, 0.717) is 24.7 Å². The Hall–Kier alpha value is -1.63. The molecule has 0 bridgehead atoms. The normalized spacial score (nSPS) is 14.7. The SMILES string of the molecule is CC(O)CCNC(=O)NC(C)c1nc(C(C)(C)C)no1. The monoisotopic (exact) mass is 284 g/mol. The molecule has 2 atom stereocenters. The van der Waals surface area contributed by atoms with E-state index < -0.39 is 6.10 Å². The summed E-state index contributed by atoms with van der Waals surface area (Å²) >= 11 is 0. The average molecular weight is 284 g/mol. The second-order valence-electron chi connectivity index (χ2n) is 5.97. The molecule has 0 spiro atoms. The summed E-state index contributed by atoms with van der Waals surface area (Å²) in [6, 6.07) is -0.696. The van der Waals surface area contributed by atoms with E-state index in [4.69, 9.17) is 9.63 Å². The second kappa shape index (κ2) is 6.69. The highest BCUT2D eigenvalue weighted by molar-refractivity contribution is 5.74. The predicted octanol–water partition coefficient (Wildman–Crippen LogP) is 1.50. The molecule has 114 valence electrons. The van der Waals surface area contributed by atoms with Crippen molar-refractivity contribution in [2.24, 2.45) is 0 Å². The van der Waals surface area contributed by atoms with Crippen molar-refractivity contribution >= 4 is 6.03 Å². The van der Waals surface area contributed by atoms with Crippen molar-refractivity contribution in [3.8, 4) is 0 Å². The Labute approximate surface area is 119 Å². The number of hydrogen-bond acceptors (Lipinski definition) is 5. The molecule has 0 aliphatic heterocycles. The number of aliphatic hydroxyl groups excluding tert-OH is 1. The van der Waals surface area contributed by atoms with E-state index in [1.165, 1.54) is 0 Å². The molecule has 0 saturated heterocycles. The minimum absolute atomic E-state index is 0.193. The summed E-state index contributed by atoms with van der Waals surface area (Å²) in [7, 11) is 0. The summed E-state index contributed by atoms with van der Waals surface area (Å²) in [6.07, 6.45) is 0.0780. The fourth-order valence-corrected chi connectivity index (χ4v) is 1.42. The van der Waals surface area contributed by atoms with Gasteiger partial charge >= 0.3 is 6.03 Å². The number of aromatic nitrogens is 2. The number of nitrogens with zero attached hydrogens (tertiary/aromatic N) is 2. The first-order chi connectivity index (χ1) is 9.20. The van der Waals surface area contributed by atoms with Crippen LogP contribution < -0.4 is 10.6 Å². The minimum atomic E-state index is -0.432. The van der Waals surface area contributed by atoms with Crippen LogP contribution in [0.3, 0.4) is 0 Å². The first-order valence-electron chi connectivity index (χ1n) is 6.76. The van der Waals surface area contributed by atoms with Crippen molar-refractivity contribution in [1.82, 2.24) is 20.8 Å². The minimum Gasteiger partial charge on any atom is -0.393 e. The van der Waals surface area contributed by atoms with Crippen LogP contribution in [0.4, 0.5) is 4.79 Å². The molecule has 20 heavy (non-hydrogen) atoms. The highest BCUT2D eigenvalue weighted by Gasteiger charge is 2.23. The third-order valence-electron chi connectivity index (χ3n) is 2.68. The molecule has 7 heteroatoms. The zero-order chi connectivity index (χ0) is 15.3. The lowest BCUT2D eigenvalue weighted by atomic mass is 9.96. The lowest BCUT2D eigenvalue weighted by molar-refractivity contribution is 0.183. The van der Waals surface area contributed by atoms with Gasteiger partial charge in [0.2, 0.25) is 5.89 Å². The van der Waals surface area contributed by atoms with Crippen LogP contribution >= 0.6 is 0 Å². The fraction of sp³-hybridized carbons (Fsp3) is 0.769. The molecule has 1 heterocycles. The number of hydrogen-bond donors (Lipinski definition) is 3. The zero-order valence-corrected chi connectivity index (χ0v) is 12.7. The molecule has 0 aromatic carbocycles. The number of urea groups is 1. The Bertz CT molecular complexity index is 437. The van der Waals surface area contributed by atoms with Crippen LogP contribution in [-0.2, 0) is 5.41 Å². The van der Waals surface area contributed by atoms with E-state index in [1.54, 1.807) is 13.8 Å². The van der Waals surface area contributed by atoms with Gasteiger partial charge in [0, 0.05) is 12.0 Å². The summed E-state index contributed by atoms with van der Waals surface area (Å²) in [5.41, 5.74) is -0.193. The zero-order valence-electron chi connectivity index (χ0n) is 12.7. The number of amides is 2. The topological polar surface area (TPSA) is 100 Å². The van der Waals surface area contributed by atoms with Gasteiger partial charge in [0.25, 0.3) is 0 Å². The molecular weight excluding hydrogens is 260 g/mol. The molecule has 3 N–H and O–H groups in total. The molecule has 7 nitrogen and oxygen atoms in total. The molecule has 1 aromatic heterocycles. The van der Waals surface area contributed by atoms with Gasteiger partial charge in [-0.3, -0.25) is 0 Å². The lowest BCUT2D eigenvalue weighted by Crippen LogP contribution is -2.38. The van der Waals surface area contributed by atoms with E-state index in [2.05, 4.69) is 20.8 Å². The maximum absolute atomic E-state index is 11.6. The van der Waals surface area contributed by atoms with Gasteiger partial charge in [0.05, 0.1) is 6.10 Å². The van der Waals surface area contributed by atoms with Crippen molar-refractivity contribution in [1.29, 1.82) is 0 Å². The fourth-order valence-electron chi connectivity index (χ4n) is 1.42. The first-order valence-corrected chi connectivity index (χ1v) is 6.76. The molecule has 2 unspecified atom stereocenters. The standard InChI is InChI=1S/C13H24N4O3/c1-8(18)6-7-14-12(19)15-9(2)10-16-11(17-20-10)13(3,4)5/h8-9,18H,6-7H2,1-5H3,(H2,14,15,19). The summed E-state index contributed by atoms with van der Waals surface area (Å²) < 4.78 is 5.15. The van der Waals surface area contributed by atoms with E-state index in [0.717, 1.165) is 0 Å². The largest absolute Gasteiger partial charge is 0.393 e. The van der Waals surface area contributed by atoms with Gasteiger partial charge in [-0.25, -0.2) is 4.79 Å². The van der Waals surface area contributed by atoms with Crippen molar-refractivity contribution < 1.29 is 14.4 Å². The summed E-state index contributed by atoms with van der Waals surface area (Å²) in [5.74, 6) is 0.983. The highest BCUT2D eigenvalue weighted by atomic mass is 16.5. The molecule has 2 amide bonds. The van der Waals surface area contributed by atoms with E-state index in [9.17, 15) is 4.79 Å². The molecule has 1 aromatic rings. The molecule has 0 aliphatic carbocycles. The molecule has 0 aliphatic rings. The van der Waals surface area contributed by atoms with Crippen molar-refractivity contribution in [2.75, 3.05) is 6.54 Å². The first kappa shape index (κ1) is 16.4. The quantitative estimate of drug-likeness (QED) is 0.760. The van der Waals surface area contributed by atoms with Gasteiger partial charge in [-0.2, -0.15) is 4.98 Å². The third-order valence-corrected chi connectivity index (χ3v) is 2.68. The molecule has 0 fully saturated rings. The van der Waals surface area contributed by atoms with E-state index in [1.807, 2.05) is 20.8 Å². The Morgan fingerprint density at radius 3 is 2.55 bits per heavy atom. The van der Waals surface area contributed by atoms with Gasteiger partial charge in [-0.1, -0.05) is 25.9 Å². The number of aliphatic hydroxyl groups is 1. The lowest BCUT2D eigenvalue weighted by Gasteiger charge is -2.12.